The molecule has 1 heterocycles. The molecule has 0 spiro atoms. The molecule has 0 saturated heterocycles. The van der Waals surface area contributed by atoms with Crippen molar-refractivity contribution < 1.29 is 4.79 Å². The lowest BCUT2D eigenvalue weighted by Crippen LogP contribution is -2.36. The molecule has 15 heavy (non-hydrogen) atoms. The largest absolute Gasteiger partial charge is 0.311 e. The highest BCUT2D eigenvalue weighted by molar-refractivity contribution is 6.31. The second-order valence-electron chi connectivity index (χ2n) is 3.56. The average molecular weight is 244 g/mol. The predicted octanol–water partition coefficient (Wildman–Crippen LogP) is 2.86. The van der Waals surface area contributed by atoms with Gasteiger partial charge < -0.3 is 4.90 Å². The molecular formula is C11H11Cl2NO. The SMILES string of the molecule is O=C(CCl)N1CCCc2ccc(Cl)cc21. The van der Waals surface area contributed by atoms with Gasteiger partial charge in [-0.3, -0.25) is 4.79 Å². The fourth-order valence-corrected chi connectivity index (χ4v) is 2.19. The summed E-state index contributed by atoms with van der Waals surface area (Å²) in [7, 11) is 0. The second-order valence-corrected chi connectivity index (χ2v) is 4.26. The van der Waals surface area contributed by atoms with Crippen molar-refractivity contribution in [3.63, 3.8) is 0 Å². The van der Waals surface area contributed by atoms with E-state index in [1.165, 1.54) is 5.56 Å². The summed E-state index contributed by atoms with van der Waals surface area (Å²) in [6.45, 7) is 0.735. The van der Waals surface area contributed by atoms with E-state index >= 15 is 0 Å². The second kappa shape index (κ2) is 4.42. The van der Waals surface area contributed by atoms with E-state index in [1.54, 1.807) is 4.90 Å². The minimum absolute atomic E-state index is 0.0198. The number of alkyl halides is 1. The summed E-state index contributed by atoms with van der Waals surface area (Å²) in [6.07, 6.45) is 1.98. The number of benzene rings is 1. The monoisotopic (exact) mass is 243 g/mol. The number of rotatable bonds is 1. The van der Waals surface area contributed by atoms with Crippen LogP contribution in [0, 0.1) is 0 Å². The van der Waals surface area contributed by atoms with E-state index in [0.29, 0.717) is 5.02 Å². The number of carbonyl (C=O) groups is 1. The maximum atomic E-state index is 11.6. The normalized spacial score (nSPS) is 14.9. The van der Waals surface area contributed by atoms with Crippen LogP contribution >= 0.6 is 23.2 Å². The lowest BCUT2D eigenvalue weighted by Gasteiger charge is -2.29. The highest BCUT2D eigenvalue weighted by Gasteiger charge is 2.21. The van der Waals surface area contributed by atoms with Crippen LogP contribution in [0.4, 0.5) is 5.69 Å². The molecule has 0 fully saturated rings. The van der Waals surface area contributed by atoms with E-state index in [0.717, 1.165) is 25.1 Å². The Kier molecular flexibility index (Phi) is 3.17. The molecule has 0 unspecified atom stereocenters. The summed E-state index contributed by atoms with van der Waals surface area (Å²) in [5.41, 5.74) is 2.09. The highest BCUT2D eigenvalue weighted by Crippen LogP contribution is 2.30. The summed E-state index contributed by atoms with van der Waals surface area (Å²) < 4.78 is 0. The van der Waals surface area contributed by atoms with Crippen molar-refractivity contribution in [3.8, 4) is 0 Å². The van der Waals surface area contributed by atoms with E-state index in [9.17, 15) is 4.79 Å². The summed E-state index contributed by atoms with van der Waals surface area (Å²) >= 11 is 11.5. The van der Waals surface area contributed by atoms with Crippen LogP contribution in [-0.4, -0.2) is 18.3 Å². The molecular weight excluding hydrogens is 233 g/mol. The molecule has 0 aromatic heterocycles. The van der Waals surface area contributed by atoms with Crippen LogP contribution in [0.25, 0.3) is 0 Å². The van der Waals surface area contributed by atoms with Crippen LogP contribution in [0.3, 0.4) is 0 Å². The van der Waals surface area contributed by atoms with Crippen molar-refractivity contribution in [1.82, 2.24) is 0 Å². The van der Waals surface area contributed by atoms with Gasteiger partial charge in [-0.2, -0.15) is 0 Å². The van der Waals surface area contributed by atoms with Crippen LogP contribution in [0.15, 0.2) is 18.2 Å². The van der Waals surface area contributed by atoms with E-state index in [4.69, 9.17) is 23.2 Å². The molecule has 1 aliphatic rings. The van der Waals surface area contributed by atoms with Crippen molar-refractivity contribution in [3.05, 3.63) is 28.8 Å². The van der Waals surface area contributed by atoms with E-state index in [1.807, 2.05) is 18.2 Å². The van der Waals surface area contributed by atoms with E-state index < -0.39 is 0 Å². The Bertz CT molecular complexity index is 392. The quantitative estimate of drug-likeness (QED) is 0.695. The first-order valence-electron chi connectivity index (χ1n) is 4.87. The molecule has 0 radical (unpaired) electrons. The number of hydrogen-bond acceptors (Lipinski definition) is 1. The van der Waals surface area contributed by atoms with E-state index in [2.05, 4.69) is 0 Å². The number of hydrogen-bond donors (Lipinski definition) is 0. The number of anilines is 1. The molecule has 2 rings (SSSR count). The first-order chi connectivity index (χ1) is 7.22. The van der Waals surface area contributed by atoms with Gasteiger partial charge in [-0.25, -0.2) is 0 Å². The van der Waals surface area contributed by atoms with Gasteiger partial charge in [0.1, 0.15) is 5.88 Å². The molecule has 1 amide bonds. The number of halogens is 2. The van der Waals surface area contributed by atoms with Crippen molar-refractivity contribution in [2.24, 2.45) is 0 Å². The van der Waals surface area contributed by atoms with E-state index in [-0.39, 0.29) is 11.8 Å². The maximum Gasteiger partial charge on any atom is 0.241 e. The minimum Gasteiger partial charge on any atom is -0.311 e. The number of fused-ring (bicyclic) bond motifs is 1. The summed E-state index contributed by atoms with van der Waals surface area (Å²) in [6, 6.07) is 5.67. The Balaban J connectivity index is 2.40. The van der Waals surface area contributed by atoms with Crippen LogP contribution < -0.4 is 4.90 Å². The van der Waals surface area contributed by atoms with Gasteiger partial charge in [0.25, 0.3) is 0 Å². The molecule has 1 aliphatic heterocycles. The third-order valence-electron chi connectivity index (χ3n) is 2.58. The van der Waals surface area contributed by atoms with Gasteiger partial charge in [-0.15, -0.1) is 11.6 Å². The first kappa shape index (κ1) is 10.8. The van der Waals surface area contributed by atoms with Gasteiger partial charge in [0.15, 0.2) is 0 Å². The average Bonchev–Trinajstić information content (AvgIpc) is 2.27. The number of carbonyl (C=O) groups excluding carboxylic acids is 1. The molecule has 2 nitrogen and oxygen atoms in total. The Hall–Kier alpha value is -0.730. The number of aryl methyl sites for hydroxylation is 1. The van der Waals surface area contributed by atoms with Gasteiger partial charge >= 0.3 is 0 Å². The molecule has 1 aromatic carbocycles. The Morgan fingerprint density at radius 2 is 2.27 bits per heavy atom. The Morgan fingerprint density at radius 3 is 3.00 bits per heavy atom. The molecule has 80 valence electrons. The Morgan fingerprint density at radius 1 is 1.47 bits per heavy atom. The molecule has 0 bridgehead atoms. The van der Waals surface area contributed by atoms with Crippen molar-refractivity contribution in [2.75, 3.05) is 17.3 Å². The van der Waals surface area contributed by atoms with Crippen molar-refractivity contribution >= 4 is 34.8 Å². The van der Waals surface area contributed by atoms with Crippen LogP contribution in [0.1, 0.15) is 12.0 Å². The van der Waals surface area contributed by atoms with Crippen LogP contribution in [0.5, 0.6) is 0 Å². The molecule has 0 atom stereocenters. The topological polar surface area (TPSA) is 20.3 Å². The lowest BCUT2D eigenvalue weighted by atomic mass is 10.0. The van der Waals surface area contributed by atoms with Gasteiger partial charge in [0, 0.05) is 17.3 Å². The summed E-state index contributed by atoms with van der Waals surface area (Å²) in [5.74, 6) is -0.0359. The molecule has 0 aliphatic carbocycles. The van der Waals surface area contributed by atoms with Gasteiger partial charge in [-0.1, -0.05) is 17.7 Å². The zero-order valence-electron chi connectivity index (χ0n) is 8.17. The zero-order valence-corrected chi connectivity index (χ0v) is 9.68. The first-order valence-corrected chi connectivity index (χ1v) is 5.78. The minimum atomic E-state index is -0.0557. The molecule has 1 aromatic rings. The molecule has 4 heteroatoms. The van der Waals surface area contributed by atoms with Gasteiger partial charge in [-0.05, 0) is 30.5 Å². The third kappa shape index (κ3) is 2.11. The fraction of sp³-hybridized carbons (Fsp3) is 0.364. The lowest BCUT2D eigenvalue weighted by molar-refractivity contribution is -0.116. The van der Waals surface area contributed by atoms with Gasteiger partial charge in [0.05, 0.1) is 0 Å². The maximum absolute atomic E-state index is 11.6. The van der Waals surface area contributed by atoms with Crippen LogP contribution in [-0.2, 0) is 11.2 Å². The standard InChI is InChI=1S/C11H11Cl2NO/c12-7-11(15)14-5-1-2-8-3-4-9(13)6-10(8)14/h3-4,6H,1-2,5,7H2. The fourth-order valence-electron chi connectivity index (χ4n) is 1.88. The number of nitrogens with zero attached hydrogens (tertiary/aromatic N) is 1. The summed E-state index contributed by atoms with van der Waals surface area (Å²) in [5, 5.41) is 0.656. The summed E-state index contributed by atoms with van der Waals surface area (Å²) in [4.78, 5) is 13.3. The third-order valence-corrected chi connectivity index (χ3v) is 3.05. The smallest absolute Gasteiger partial charge is 0.241 e. The van der Waals surface area contributed by atoms with Crippen LogP contribution in [0.2, 0.25) is 5.02 Å². The van der Waals surface area contributed by atoms with Crippen molar-refractivity contribution in [2.45, 2.75) is 12.8 Å². The van der Waals surface area contributed by atoms with Crippen molar-refractivity contribution in [1.29, 1.82) is 0 Å². The molecule has 0 N–H and O–H groups in total. The number of amides is 1. The molecule has 0 saturated carbocycles. The highest BCUT2D eigenvalue weighted by atomic mass is 35.5. The predicted molar refractivity (Wildman–Crippen MR) is 62.8 cm³/mol. The Labute approximate surface area is 98.8 Å². The van der Waals surface area contributed by atoms with Gasteiger partial charge in [0.2, 0.25) is 5.91 Å². The zero-order chi connectivity index (χ0) is 10.8.